The molecule has 0 aliphatic carbocycles. The number of aromatic nitrogens is 1. The highest BCUT2D eigenvalue weighted by Crippen LogP contribution is 2.23. The number of rotatable bonds is 2. The van der Waals surface area contributed by atoms with E-state index < -0.39 is 6.10 Å². The lowest BCUT2D eigenvalue weighted by atomic mass is 10.1. The summed E-state index contributed by atoms with van der Waals surface area (Å²) in [4.78, 5) is 21.9. The minimum atomic E-state index is -0.548. The average molecular weight is 346 g/mol. The summed E-state index contributed by atoms with van der Waals surface area (Å²) >= 11 is 0. The summed E-state index contributed by atoms with van der Waals surface area (Å²) in [6, 6.07) is 6.42. The second-order valence-corrected chi connectivity index (χ2v) is 7.07. The third kappa shape index (κ3) is 3.03. The standard InChI is InChI=1S/C18H23FN4O2/c1-21-5-7-22(8-6-21)15-10-23(11-16(15)24)18(25)14-9-12-3-2-4-13(19)17(12)20-14/h2-4,9,15-16,20,24H,5-8,10-11H2,1H3/t15-,16-/m1/s1. The molecule has 0 bridgehead atoms. The van der Waals surface area contributed by atoms with E-state index in [0.717, 1.165) is 26.2 Å². The van der Waals surface area contributed by atoms with E-state index in [2.05, 4.69) is 21.8 Å². The number of para-hydroxylation sites is 1. The Labute approximate surface area is 145 Å². The smallest absolute Gasteiger partial charge is 0.270 e. The number of likely N-dealkylation sites (N-methyl/N-ethyl adjacent to an activating group) is 1. The van der Waals surface area contributed by atoms with Crippen molar-refractivity contribution in [2.75, 3.05) is 46.3 Å². The van der Waals surface area contributed by atoms with Gasteiger partial charge in [-0.05, 0) is 19.2 Å². The molecule has 2 aromatic rings. The van der Waals surface area contributed by atoms with Crippen molar-refractivity contribution < 1.29 is 14.3 Å². The Morgan fingerprint density at radius 2 is 2.00 bits per heavy atom. The predicted octanol–water partition coefficient (Wildman–Crippen LogP) is 0.740. The molecule has 0 saturated carbocycles. The minimum Gasteiger partial charge on any atom is -0.390 e. The first-order valence-electron chi connectivity index (χ1n) is 8.70. The van der Waals surface area contributed by atoms with E-state index in [1.165, 1.54) is 6.07 Å². The lowest BCUT2D eigenvalue weighted by Crippen LogP contribution is -2.52. The van der Waals surface area contributed by atoms with Crippen LogP contribution in [0, 0.1) is 5.82 Å². The largest absolute Gasteiger partial charge is 0.390 e. The molecule has 2 N–H and O–H groups in total. The van der Waals surface area contributed by atoms with Crippen LogP contribution < -0.4 is 0 Å². The first kappa shape index (κ1) is 16.5. The highest BCUT2D eigenvalue weighted by Gasteiger charge is 2.38. The van der Waals surface area contributed by atoms with E-state index >= 15 is 0 Å². The minimum absolute atomic E-state index is 0.0289. The van der Waals surface area contributed by atoms with Gasteiger partial charge in [0.1, 0.15) is 11.5 Å². The quantitative estimate of drug-likeness (QED) is 0.842. The van der Waals surface area contributed by atoms with Crippen LogP contribution in [0.25, 0.3) is 10.9 Å². The van der Waals surface area contributed by atoms with E-state index in [9.17, 15) is 14.3 Å². The zero-order valence-electron chi connectivity index (χ0n) is 14.3. The molecule has 0 unspecified atom stereocenters. The number of nitrogens with one attached hydrogen (secondary N) is 1. The van der Waals surface area contributed by atoms with Crippen molar-refractivity contribution in [1.82, 2.24) is 19.7 Å². The van der Waals surface area contributed by atoms with Gasteiger partial charge in [0.25, 0.3) is 5.91 Å². The van der Waals surface area contributed by atoms with E-state index in [4.69, 9.17) is 0 Å². The fourth-order valence-corrected chi connectivity index (χ4v) is 3.85. The van der Waals surface area contributed by atoms with Crippen LogP contribution in [0.1, 0.15) is 10.5 Å². The van der Waals surface area contributed by atoms with Gasteiger partial charge >= 0.3 is 0 Å². The fraction of sp³-hybridized carbons (Fsp3) is 0.500. The molecule has 4 rings (SSSR count). The molecule has 0 spiro atoms. The van der Waals surface area contributed by atoms with Crippen LogP contribution in [-0.4, -0.2) is 89.2 Å². The van der Waals surface area contributed by atoms with Crippen LogP contribution in [0.4, 0.5) is 4.39 Å². The Morgan fingerprint density at radius 3 is 2.72 bits per heavy atom. The first-order chi connectivity index (χ1) is 12.0. The summed E-state index contributed by atoms with van der Waals surface area (Å²) in [5.41, 5.74) is 0.715. The van der Waals surface area contributed by atoms with E-state index in [1.807, 2.05) is 0 Å². The van der Waals surface area contributed by atoms with Gasteiger partial charge in [-0.1, -0.05) is 12.1 Å². The average Bonchev–Trinajstić information content (AvgIpc) is 3.20. The number of hydrogen-bond donors (Lipinski definition) is 2. The highest BCUT2D eigenvalue weighted by atomic mass is 19.1. The number of aliphatic hydroxyl groups is 1. The van der Waals surface area contributed by atoms with Crippen LogP contribution in [0.5, 0.6) is 0 Å². The van der Waals surface area contributed by atoms with Gasteiger partial charge < -0.3 is 19.9 Å². The molecule has 1 aromatic heterocycles. The number of carbonyl (C=O) groups is 1. The Bertz CT molecular complexity index is 784. The van der Waals surface area contributed by atoms with Gasteiger partial charge in [-0.3, -0.25) is 9.69 Å². The summed E-state index contributed by atoms with van der Waals surface area (Å²) < 4.78 is 13.8. The van der Waals surface area contributed by atoms with Crippen LogP contribution in [-0.2, 0) is 0 Å². The number of fused-ring (bicyclic) bond motifs is 1. The number of H-pyrrole nitrogens is 1. The Balaban J connectivity index is 1.50. The third-order valence-corrected chi connectivity index (χ3v) is 5.39. The molecule has 0 radical (unpaired) electrons. The highest BCUT2D eigenvalue weighted by molar-refractivity contribution is 5.98. The SMILES string of the molecule is CN1CCN([C@@H]2CN(C(=O)c3cc4cccc(F)c4[nH]3)C[C@H]2O)CC1. The number of benzene rings is 1. The molecule has 2 saturated heterocycles. The molecule has 2 aliphatic heterocycles. The van der Waals surface area contributed by atoms with Crippen molar-refractivity contribution in [3.63, 3.8) is 0 Å². The number of piperazine rings is 1. The van der Waals surface area contributed by atoms with Crippen molar-refractivity contribution in [3.8, 4) is 0 Å². The number of amides is 1. The van der Waals surface area contributed by atoms with Crippen LogP contribution in [0.2, 0.25) is 0 Å². The number of hydrogen-bond acceptors (Lipinski definition) is 4. The second-order valence-electron chi connectivity index (χ2n) is 7.07. The first-order valence-corrected chi connectivity index (χ1v) is 8.70. The molecule has 7 heteroatoms. The van der Waals surface area contributed by atoms with E-state index in [1.54, 1.807) is 23.1 Å². The maximum Gasteiger partial charge on any atom is 0.270 e. The van der Waals surface area contributed by atoms with Crippen molar-refractivity contribution in [2.45, 2.75) is 12.1 Å². The molecule has 25 heavy (non-hydrogen) atoms. The molecule has 2 atom stereocenters. The normalized spacial score (nSPS) is 25.8. The number of aromatic amines is 1. The summed E-state index contributed by atoms with van der Waals surface area (Å²) in [6.07, 6.45) is -0.548. The predicted molar refractivity (Wildman–Crippen MR) is 93.0 cm³/mol. The fourth-order valence-electron chi connectivity index (χ4n) is 3.85. The molecule has 1 amide bonds. The summed E-state index contributed by atoms with van der Waals surface area (Å²) in [5, 5.41) is 11.1. The van der Waals surface area contributed by atoms with Crippen molar-refractivity contribution in [1.29, 1.82) is 0 Å². The zero-order valence-corrected chi connectivity index (χ0v) is 14.3. The van der Waals surface area contributed by atoms with Gasteiger partial charge in [0, 0.05) is 44.7 Å². The van der Waals surface area contributed by atoms with Gasteiger partial charge in [0.2, 0.25) is 0 Å². The monoisotopic (exact) mass is 346 g/mol. The molecular formula is C18H23FN4O2. The molecule has 1 aromatic carbocycles. The van der Waals surface area contributed by atoms with Gasteiger partial charge in [-0.2, -0.15) is 0 Å². The summed E-state index contributed by atoms with van der Waals surface area (Å²) in [7, 11) is 2.09. The third-order valence-electron chi connectivity index (χ3n) is 5.39. The molecule has 2 aliphatic rings. The van der Waals surface area contributed by atoms with Crippen LogP contribution >= 0.6 is 0 Å². The number of aliphatic hydroxyl groups excluding tert-OH is 1. The maximum absolute atomic E-state index is 13.8. The Morgan fingerprint density at radius 1 is 1.24 bits per heavy atom. The topological polar surface area (TPSA) is 62.8 Å². The van der Waals surface area contributed by atoms with Gasteiger partial charge in [-0.15, -0.1) is 0 Å². The number of halogens is 1. The number of β-amino-alcohol motifs (C(OH)–C–C–N with tert-alkyl or cyclic N) is 1. The molecule has 134 valence electrons. The summed E-state index contributed by atoms with van der Waals surface area (Å²) in [5.74, 6) is -0.556. The second kappa shape index (κ2) is 6.40. The maximum atomic E-state index is 13.8. The lowest BCUT2D eigenvalue weighted by molar-refractivity contribution is 0.0512. The van der Waals surface area contributed by atoms with Crippen molar-refractivity contribution in [2.24, 2.45) is 0 Å². The van der Waals surface area contributed by atoms with Crippen molar-refractivity contribution in [3.05, 3.63) is 35.8 Å². The van der Waals surface area contributed by atoms with Gasteiger partial charge in [-0.25, -0.2) is 4.39 Å². The van der Waals surface area contributed by atoms with Crippen molar-refractivity contribution >= 4 is 16.8 Å². The van der Waals surface area contributed by atoms with E-state index in [-0.39, 0.29) is 17.8 Å². The Hall–Kier alpha value is -1.96. The molecular weight excluding hydrogens is 323 g/mol. The summed E-state index contributed by atoms with van der Waals surface area (Å²) in [6.45, 7) is 4.56. The zero-order chi connectivity index (χ0) is 17.6. The van der Waals surface area contributed by atoms with Crippen LogP contribution in [0.15, 0.2) is 24.3 Å². The van der Waals surface area contributed by atoms with Gasteiger partial charge in [0.15, 0.2) is 0 Å². The number of carbonyl (C=O) groups excluding carboxylic acids is 1. The lowest BCUT2D eigenvalue weighted by Gasteiger charge is -2.37. The van der Waals surface area contributed by atoms with Gasteiger partial charge in [0.05, 0.1) is 17.7 Å². The molecule has 2 fully saturated rings. The van der Waals surface area contributed by atoms with Crippen LogP contribution in [0.3, 0.4) is 0 Å². The molecule has 6 nitrogen and oxygen atoms in total. The number of nitrogens with zero attached hydrogens (tertiary/aromatic N) is 3. The van der Waals surface area contributed by atoms with E-state index in [0.29, 0.717) is 29.7 Å². The Kier molecular flexibility index (Phi) is 4.23. The number of likely N-dealkylation sites (tertiary alicyclic amines) is 1. The molecule has 3 heterocycles.